The molecule has 0 saturated heterocycles. The highest BCUT2D eigenvalue weighted by atomic mass is 35.5. The lowest BCUT2D eigenvalue weighted by Gasteiger charge is -2.11. The monoisotopic (exact) mass is 209 g/mol. The number of nitrogens with zero attached hydrogens (tertiary/aromatic N) is 1. The summed E-state index contributed by atoms with van der Waals surface area (Å²) in [5.74, 6) is 0. The van der Waals surface area contributed by atoms with Gasteiger partial charge in [0.1, 0.15) is 0 Å². The minimum atomic E-state index is -4.43. The molecule has 0 atom stereocenters. The van der Waals surface area contributed by atoms with Crippen molar-refractivity contribution in [3.05, 3.63) is 28.0 Å². The molecule has 0 amide bonds. The van der Waals surface area contributed by atoms with Gasteiger partial charge in [0.05, 0.1) is 16.3 Å². The van der Waals surface area contributed by atoms with Crippen LogP contribution in [0.3, 0.4) is 0 Å². The fourth-order valence-electron chi connectivity index (χ4n) is 1.12. The Balaban J connectivity index is 3.38. The predicted molar refractivity (Wildman–Crippen MR) is 43.7 cm³/mol. The summed E-state index contributed by atoms with van der Waals surface area (Å²) in [4.78, 5) is 3.70. The Morgan fingerprint density at radius 1 is 1.31 bits per heavy atom. The molecule has 5 heteroatoms. The lowest BCUT2D eigenvalue weighted by Crippen LogP contribution is -2.10. The largest absolute Gasteiger partial charge is 0.419 e. The number of aromatic nitrogens is 1. The fraction of sp³-hybridized carbons (Fsp3) is 0.375. The molecule has 13 heavy (non-hydrogen) atoms. The van der Waals surface area contributed by atoms with Gasteiger partial charge in [-0.25, -0.2) is 0 Å². The summed E-state index contributed by atoms with van der Waals surface area (Å²) in [7, 11) is 0. The van der Waals surface area contributed by atoms with E-state index in [9.17, 15) is 13.2 Å². The number of rotatable bonds is 0. The van der Waals surface area contributed by atoms with Crippen LogP contribution in [-0.4, -0.2) is 4.98 Å². The molecule has 0 bridgehead atoms. The van der Waals surface area contributed by atoms with E-state index >= 15 is 0 Å². The Kier molecular flexibility index (Phi) is 2.52. The third-order valence-electron chi connectivity index (χ3n) is 1.56. The number of alkyl halides is 3. The van der Waals surface area contributed by atoms with Gasteiger partial charge >= 0.3 is 6.18 Å². The lowest BCUT2D eigenvalue weighted by atomic mass is 10.2. The second kappa shape index (κ2) is 3.18. The molecule has 72 valence electrons. The van der Waals surface area contributed by atoms with Crippen molar-refractivity contribution >= 4 is 11.6 Å². The van der Waals surface area contributed by atoms with Gasteiger partial charge in [-0.1, -0.05) is 11.6 Å². The molecular weight excluding hydrogens is 203 g/mol. The molecule has 0 radical (unpaired) electrons. The second-order valence-corrected chi connectivity index (χ2v) is 3.11. The molecule has 0 saturated carbocycles. The van der Waals surface area contributed by atoms with Crippen LogP contribution in [0.1, 0.15) is 17.0 Å². The lowest BCUT2D eigenvalue weighted by molar-refractivity contribution is -0.138. The summed E-state index contributed by atoms with van der Waals surface area (Å²) < 4.78 is 37.0. The average Bonchev–Trinajstić information content (AvgIpc) is 1.78. The molecule has 1 nitrogen and oxygen atoms in total. The van der Waals surface area contributed by atoms with Crippen LogP contribution in [0.5, 0.6) is 0 Å². The molecule has 0 N–H and O–H groups in total. The Morgan fingerprint density at radius 2 is 1.85 bits per heavy atom. The molecule has 1 aromatic rings. The normalized spacial score (nSPS) is 11.8. The van der Waals surface area contributed by atoms with Gasteiger partial charge < -0.3 is 0 Å². The Labute approximate surface area is 78.5 Å². The van der Waals surface area contributed by atoms with Gasteiger partial charge in [-0.15, -0.1) is 0 Å². The van der Waals surface area contributed by atoms with E-state index in [1.807, 2.05) is 0 Å². The van der Waals surface area contributed by atoms with Crippen molar-refractivity contribution < 1.29 is 13.2 Å². The first-order valence-corrected chi connectivity index (χ1v) is 3.91. The molecule has 1 aromatic heterocycles. The minimum absolute atomic E-state index is 0.0856. The van der Waals surface area contributed by atoms with Crippen molar-refractivity contribution in [2.75, 3.05) is 0 Å². The summed E-state index contributed by atoms with van der Waals surface area (Å²) in [6.45, 7) is 2.89. The SMILES string of the molecule is Cc1cc(Cl)c(C(F)(F)F)c(C)n1. The summed E-state index contributed by atoms with van der Waals surface area (Å²) in [5, 5.41) is -0.294. The highest BCUT2D eigenvalue weighted by Crippen LogP contribution is 2.36. The van der Waals surface area contributed by atoms with Crippen LogP contribution in [0.2, 0.25) is 5.02 Å². The first kappa shape index (κ1) is 10.3. The number of halogens is 4. The number of hydrogen-bond donors (Lipinski definition) is 0. The summed E-state index contributed by atoms with van der Waals surface area (Å²) in [6, 6.07) is 1.21. The standard InChI is InChI=1S/C8H7ClF3N/c1-4-3-6(9)7(5(2)13-4)8(10,11)12/h3H,1-2H3. The molecule has 0 aliphatic heterocycles. The van der Waals surface area contributed by atoms with Gasteiger partial charge in [-0.2, -0.15) is 13.2 Å². The molecule has 0 unspecified atom stereocenters. The number of hydrogen-bond acceptors (Lipinski definition) is 1. The zero-order chi connectivity index (χ0) is 10.2. The van der Waals surface area contributed by atoms with Gasteiger partial charge in [0.15, 0.2) is 0 Å². The number of pyridine rings is 1. The van der Waals surface area contributed by atoms with Crippen molar-refractivity contribution in [3.63, 3.8) is 0 Å². The molecule has 0 aliphatic carbocycles. The van der Waals surface area contributed by atoms with Crippen molar-refractivity contribution in [2.45, 2.75) is 20.0 Å². The third kappa shape index (κ3) is 2.12. The van der Waals surface area contributed by atoms with Crippen molar-refractivity contribution in [2.24, 2.45) is 0 Å². The number of aryl methyl sites for hydroxylation is 2. The van der Waals surface area contributed by atoms with E-state index < -0.39 is 11.7 Å². The summed E-state index contributed by atoms with van der Waals surface area (Å²) in [5.41, 5.74) is -0.451. The molecule has 0 aromatic carbocycles. The molecule has 1 rings (SSSR count). The van der Waals surface area contributed by atoms with Gasteiger partial charge in [0.25, 0.3) is 0 Å². The van der Waals surface area contributed by atoms with Crippen LogP contribution >= 0.6 is 11.6 Å². The van der Waals surface area contributed by atoms with Crippen LogP contribution in [0, 0.1) is 13.8 Å². The van der Waals surface area contributed by atoms with Gasteiger partial charge in [-0.05, 0) is 19.9 Å². The topological polar surface area (TPSA) is 12.9 Å². The van der Waals surface area contributed by atoms with E-state index in [0.29, 0.717) is 5.69 Å². The quantitative estimate of drug-likeness (QED) is 0.638. The van der Waals surface area contributed by atoms with Crippen LogP contribution < -0.4 is 0 Å². The van der Waals surface area contributed by atoms with Crippen molar-refractivity contribution in [1.82, 2.24) is 4.98 Å². The zero-order valence-electron chi connectivity index (χ0n) is 7.04. The van der Waals surface area contributed by atoms with Crippen LogP contribution in [0.4, 0.5) is 13.2 Å². The summed E-state index contributed by atoms with van der Waals surface area (Å²) in [6.07, 6.45) is -4.43. The average molecular weight is 210 g/mol. The molecule has 0 fully saturated rings. The highest BCUT2D eigenvalue weighted by Gasteiger charge is 2.35. The highest BCUT2D eigenvalue weighted by molar-refractivity contribution is 6.31. The van der Waals surface area contributed by atoms with Gasteiger partial charge in [-0.3, -0.25) is 4.98 Å². The zero-order valence-corrected chi connectivity index (χ0v) is 7.79. The second-order valence-electron chi connectivity index (χ2n) is 2.70. The Hall–Kier alpha value is -0.770. The van der Waals surface area contributed by atoms with Gasteiger partial charge in [0.2, 0.25) is 0 Å². The van der Waals surface area contributed by atoms with Gasteiger partial charge in [0, 0.05) is 5.69 Å². The maximum Gasteiger partial charge on any atom is 0.419 e. The smallest absolute Gasteiger partial charge is 0.258 e. The van der Waals surface area contributed by atoms with E-state index in [-0.39, 0.29) is 10.7 Å². The van der Waals surface area contributed by atoms with Crippen molar-refractivity contribution in [1.29, 1.82) is 0 Å². The van der Waals surface area contributed by atoms with E-state index in [4.69, 9.17) is 11.6 Å². The minimum Gasteiger partial charge on any atom is -0.258 e. The predicted octanol–water partition coefficient (Wildman–Crippen LogP) is 3.37. The maximum atomic E-state index is 12.3. The fourth-order valence-corrected chi connectivity index (χ4v) is 1.52. The van der Waals surface area contributed by atoms with Crippen LogP contribution in [0.15, 0.2) is 6.07 Å². The van der Waals surface area contributed by atoms with E-state index in [1.54, 1.807) is 6.92 Å². The van der Waals surface area contributed by atoms with E-state index in [2.05, 4.69) is 4.98 Å². The molecule has 0 spiro atoms. The molecular formula is C8H7ClF3N. The molecule has 1 heterocycles. The first-order valence-electron chi connectivity index (χ1n) is 3.53. The summed E-state index contributed by atoms with van der Waals surface area (Å²) >= 11 is 5.46. The van der Waals surface area contributed by atoms with Crippen LogP contribution in [-0.2, 0) is 6.18 Å². The first-order chi connectivity index (χ1) is 5.82. The Morgan fingerprint density at radius 3 is 2.23 bits per heavy atom. The maximum absolute atomic E-state index is 12.3. The Bertz CT molecular complexity index is 310. The van der Waals surface area contributed by atoms with Crippen molar-refractivity contribution in [3.8, 4) is 0 Å². The third-order valence-corrected chi connectivity index (χ3v) is 1.86. The van der Waals surface area contributed by atoms with Crippen LogP contribution in [0.25, 0.3) is 0 Å². The van der Waals surface area contributed by atoms with E-state index in [1.165, 1.54) is 13.0 Å². The van der Waals surface area contributed by atoms with E-state index in [0.717, 1.165) is 0 Å². The molecule has 0 aliphatic rings.